The molecule has 4 heavy (non-hydrogen) atoms. The maximum absolute atomic E-state index is 2.23. The molecule has 0 N–H and O–H groups in total. The molecule has 0 saturated carbocycles. The van der Waals surface area contributed by atoms with E-state index in [2.05, 4.69) is 6.92 Å². The first-order valence-electron chi connectivity index (χ1n) is 1.56. The van der Waals surface area contributed by atoms with Crippen molar-refractivity contribution in [3.05, 3.63) is 0 Å². The molecule has 2 heteroatoms. The largest absolute Gasteiger partial charge is 0.145 e. The lowest BCUT2D eigenvalue weighted by molar-refractivity contribution is 1.53. The van der Waals surface area contributed by atoms with Crippen LogP contribution in [0, 0.1) is 0 Å². The van der Waals surface area contributed by atoms with Crippen molar-refractivity contribution >= 4 is 18.0 Å². The number of hydrogen-bond donors (Lipinski definition) is 0. The monoisotopic (exact) mass is 92.0 g/mol. The van der Waals surface area contributed by atoms with Gasteiger partial charge in [0.2, 0.25) is 0 Å². The summed E-state index contributed by atoms with van der Waals surface area (Å²) in [5.74, 6) is 0. The van der Waals surface area contributed by atoms with Gasteiger partial charge in [-0.3, -0.25) is 0 Å². The molecule has 0 nitrogen and oxygen atoms in total. The number of rotatable bonds is 1. The van der Waals surface area contributed by atoms with Gasteiger partial charge in [0, 0.05) is 9.91 Å². The smallest absolute Gasteiger partial charge is 0.0290 e. The molecule has 0 aliphatic heterocycles. The highest BCUT2D eigenvalue weighted by atomic mass is 31.3. The van der Waals surface area contributed by atoms with Crippen LogP contribution in [0.25, 0.3) is 0 Å². The van der Waals surface area contributed by atoms with Gasteiger partial charge in [0.15, 0.2) is 0 Å². The van der Waals surface area contributed by atoms with Crippen LogP contribution in [0.5, 0.6) is 0 Å². The minimum atomic E-state index is 1.28. The molecule has 0 aromatic rings. The Hall–Kier alpha value is 0.647. The molecule has 1 atom stereocenters. The Morgan fingerprint density at radius 2 is 2.25 bits per heavy atom. The van der Waals surface area contributed by atoms with E-state index in [1.165, 1.54) is 24.2 Å². The van der Waals surface area contributed by atoms with Gasteiger partial charge in [-0.05, 0) is 6.16 Å². The fourth-order valence-electron chi connectivity index (χ4n) is 0. The van der Waals surface area contributed by atoms with Crippen molar-refractivity contribution in [1.29, 1.82) is 0 Å². The van der Waals surface area contributed by atoms with Crippen LogP contribution in [0.3, 0.4) is 0 Å². The lowest BCUT2D eigenvalue weighted by atomic mass is 11.0. The summed E-state index contributed by atoms with van der Waals surface area (Å²) < 4.78 is 0. The third-order valence-electron chi connectivity index (χ3n) is 0.354. The normalized spacial score (nSPS) is 11.2. The van der Waals surface area contributed by atoms with Crippen LogP contribution in [-0.4, -0.2) is 16.1 Å². The Balaban J connectivity index is 1.97. The van der Waals surface area contributed by atoms with Crippen molar-refractivity contribution in [2.24, 2.45) is 0 Å². The van der Waals surface area contributed by atoms with Crippen LogP contribution in [-0.2, 0) is 0 Å². The Labute approximate surface area is 32.0 Å². The van der Waals surface area contributed by atoms with E-state index in [0.717, 1.165) is 0 Å². The maximum Gasteiger partial charge on any atom is 0.0290 e. The third-order valence-corrected chi connectivity index (χ3v) is 3.18. The predicted molar refractivity (Wildman–Crippen MR) is 28.8 cm³/mol. The fraction of sp³-hybridized carbons (Fsp3) is 1.00. The predicted octanol–water partition coefficient (Wildman–Crippen LogP) is -0.0348. The van der Waals surface area contributed by atoms with Crippen LogP contribution in [0.15, 0.2) is 0 Å². The molecule has 0 heterocycles. The number of hydrogen-bond acceptors (Lipinski definition) is 0. The average molecular weight is 92.2 g/mol. The molecule has 0 amide bonds. The second-order valence-corrected chi connectivity index (χ2v) is 4.24. The molecule has 0 spiro atoms. The topological polar surface area (TPSA) is 0 Å². The van der Waals surface area contributed by atoms with E-state index in [-0.39, 0.29) is 0 Å². The van der Waals surface area contributed by atoms with E-state index < -0.39 is 0 Å². The van der Waals surface area contributed by atoms with Gasteiger partial charge in [-0.15, -0.1) is 8.13 Å². The van der Waals surface area contributed by atoms with E-state index in [1.807, 2.05) is 0 Å². The van der Waals surface area contributed by atoms with Gasteiger partial charge in [0.05, 0.1) is 0 Å². The second-order valence-electron chi connectivity index (χ2n) is 0.707. The van der Waals surface area contributed by atoms with E-state index in [1.54, 1.807) is 0 Å². The van der Waals surface area contributed by atoms with Gasteiger partial charge in [0.25, 0.3) is 0 Å². The summed E-state index contributed by atoms with van der Waals surface area (Å²) in [6, 6.07) is 0. The highest BCUT2D eigenvalue weighted by Crippen LogP contribution is 1.93. The molecule has 0 bridgehead atoms. The zero-order chi connectivity index (χ0) is 3.41. The standard InChI is InChI=1S/C2H9PSi/c1-2-3-4/h3H,2H2,1,4H3. The first kappa shape index (κ1) is 4.65. The lowest BCUT2D eigenvalue weighted by Gasteiger charge is -1.69. The van der Waals surface area contributed by atoms with Crippen LogP contribution in [0.4, 0.5) is 0 Å². The maximum atomic E-state index is 2.23. The summed E-state index contributed by atoms with van der Waals surface area (Å²) in [5.41, 5.74) is 0. The van der Waals surface area contributed by atoms with Gasteiger partial charge in [-0.1, -0.05) is 6.92 Å². The highest BCUT2D eigenvalue weighted by Gasteiger charge is 1.55. The molecular weight excluding hydrogens is 83.1 g/mol. The second kappa shape index (κ2) is 3.65. The van der Waals surface area contributed by atoms with E-state index in [9.17, 15) is 0 Å². The summed E-state index contributed by atoms with van der Waals surface area (Å²) >= 11 is 0. The minimum Gasteiger partial charge on any atom is -0.145 e. The van der Waals surface area contributed by atoms with Crippen molar-refractivity contribution in [2.45, 2.75) is 6.92 Å². The Morgan fingerprint density at radius 1 is 2.00 bits per heavy atom. The molecular formula is C2H9PSi. The molecule has 0 aromatic carbocycles. The van der Waals surface area contributed by atoms with Gasteiger partial charge >= 0.3 is 0 Å². The first-order chi connectivity index (χ1) is 1.91. The van der Waals surface area contributed by atoms with Crippen LogP contribution in [0.1, 0.15) is 6.92 Å². The summed E-state index contributed by atoms with van der Waals surface area (Å²) in [6.45, 7) is 2.23. The minimum absolute atomic E-state index is 1.28. The Kier molecular flexibility index (Phi) is 4.24. The van der Waals surface area contributed by atoms with Crippen molar-refractivity contribution in [3.8, 4) is 0 Å². The summed E-state index contributed by atoms with van der Waals surface area (Å²) in [4.78, 5) is 0. The van der Waals surface area contributed by atoms with Gasteiger partial charge in [-0.2, -0.15) is 0 Å². The van der Waals surface area contributed by atoms with Crippen molar-refractivity contribution in [2.75, 3.05) is 6.16 Å². The van der Waals surface area contributed by atoms with E-state index in [0.29, 0.717) is 0 Å². The first-order valence-corrected chi connectivity index (χ1v) is 6.27. The van der Waals surface area contributed by atoms with Crippen LogP contribution < -0.4 is 0 Å². The molecule has 0 saturated heterocycles. The molecule has 0 aromatic heterocycles. The molecule has 0 aliphatic carbocycles. The Bertz CT molecular complexity index is 8.00. The zero-order valence-corrected chi connectivity index (χ0v) is 6.21. The van der Waals surface area contributed by atoms with Gasteiger partial charge < -0.3 is 0 Å². The lowest BCUT2D eigenvalue weighted by Crippen LogP contribution is -1.50. The Morgan fingerprint density at radius 3 is 2.25 bits per heavy atom. The van der Waals surface area contributed by atoms with Gasteiger partial charge in [0.1, 0.15) is 0 Å². The quantitative estimate of drug-likeness (QED) is 0.314. The summed E-state index contributed by atoms with van der Waals surface area (Å²) in [5, 5.41) is 0. The van der Waals surface area contributed by atoms with Crippen molar-refractivity contribution in [1.82, 2.24) is 0 Å². The summed E-state index contributed by atoms with van der Waals surface area (Å²) in [6.07, 6.45) is 1.41. The molecule has 26 valence electrons. The molecule has 0 fully saturated rings. The average Bonchev–Trinajstić information content (AvgIpc) is 1.37. The van der Waals surface area contributed by atoms with Crippen molar-refractivity contribution < 1.29 is 0 Å². The van der Waals surface area contributed by atoms with Crippen LogP contribution >= 0.6 is 8.13 Å². The van der Waals surface area contributed by atoms with E-state index in [4.69, 9.17) is 0 Å². The molecule has 0 aliphatic rings. The van der Waals surface area contributed by atoms with E-state index >= 15 is 0 Å². The highest BCUT2D eigenvalue weighted by molar-refractivity contribution is 7.66. The molecule has 1 unspecified atom stereocenters. The van der Waals surface area contributed by atoms with Gasteiger partial charge in [-0.25, -0.2) is 0 Å². The zero-order valence-electron chi connectivity index (χ0n) is 3.21. The molecule has 0 radical (unpaired) electrons. The third kappa shape index (κ3) is 2.65. The summed E-state index contributed by atoms with van der Waals surface area (Å²) in [7, 11) is 2.70. The molecule has 0 rings (SSSR count). The fourth-order valence-corrected chi connectivity index (χ4v) is 0. The van der Waals surface area contributed by atoms with Crippen molar-refractivity contribution in [3.63, 3.8) is 0 Å². The van der Waals surface area contributed by atoms with Crippen LogP contribution in [0.2, 0.25) is 0 Å². The SMILES string of the molecule is CCP[SiH3].